The largest absolute Gasteiger partial charge is 0.309 e. The Labute approximate surface area is 131 Å². The van der Waals surface area contributed by atoms with E-state index in [1.54, 1.807) is 0 Å². The fraction of sp³-hybridized carbons (Fsp3) is 0.684. The SMILES string of the molecule is CCCNC(CN(CCC)C(C)C)c1ccc(CC)cc1. The molecule has 0 radical (unpaired) electrons. The summed E-state index contributed by atoms with van der Waals surface area (Å²) in [7, 11) is 0. The number of rotatable bonds is 10. The Balaban J connectivity index is 2.81. The van der Waals surface area contributed by atoms with E-state index in [0.29, 0.717) is 12.1 Å². The van der Waals surface area contributed by atoms with E-state index in [1.807, 2.05) is 0 Å². The van der Waals surface area contributed by atoms with Crippen LogP contribution >= 0.6 is 0 Å². The standard InChI is InChI=1S/C19H34N2/c1-6-13-20-19(15-21(14-7-2)16(4)5)18-11-9-17(8-3)10-12-18/h9-12,16,19-20H,6-8,13-15H2,1-5H3. The molecule has 1 aromatic rings. The average molecular weight is 290 g/mol. The van der Waals surface area contributed by atoms with Gasteiger partial charge in [0.1, 0.15) is 0 Å². The Morgan fingerprint density at radius 3 is 2.14 bits per heavy atom. The first-order chi connectivity index (χ1) is 10.1. The lowest BCUT2D eigenvalue weighted by atomic mass is 10.0. The molecular weight excluding hydrogens is 256 g/mol. The number of benzene rings is 1. The Kier molecular flexibility index (Phi) is 8.63. The van der Waals surface area contributed by atoms with Gasteiger partial charge in [-0.3, -0.25) is 4.90 Å². The molecule has 0 amide bonds. The van der Waals surface area contributed by atoms with Crippen LogP contribution in [0.3, 0.4) is 0 Å². The predicted octanol–water partition coefficient (Wildman–Crippen LogP) is 4.41. The van der Waals surface area contributed by atoms with E-state index in [2.05, 4.69) is 69.1 Å². The summed E-state index contributed by atoms with van der Waals surface area (Å²) in [4.78, 5) is 2.58. The highest BCUT2D eigenvalue weighted by atomic mass is 15.2. The van der Waals surface area contributed by atoms with Gasteiger partial charge in [-0.25, -0.2) is 0 Å². The molecule has 0 aliphatic heterocycles. The summed E-state index contributed by atoms with van der Waals surface area (Å²) in [5, 5.41) is 3.73. The highest BCUT2D eigenvalue weighted by Gasteiger charge is 2.17. The molecule has 0 bridgehead atoms. The molecule has 2 nitrogen and oxygen atoms in total. The zero-order valence-corrected chi connectivity index (χ0v) is 14.7. The molecule has 0 saturated heterocycles. The van der Waals surface area contributed by atoms with Gasteiger partial charge in [0.15, 0.2) is 0 Å². The minimum absolute atomic E-state index is 0.435. The van der Waals surface area contributed by atoms with Gasteiger partial charge in [0.25, 0.3) is 0 Å². The van der Waals surface area contributed by atoms with Crippen molar-refractivity contribution >= 4 is 0 Å². The quantitative estimate of drug-likeness (QED) is 0.686. The fourth-order valence-corrected chi connectivity index (χ4v) is 2.67. The second-order valence-corrected chi connectivity index (χ2v) is 6.19. The van der Waals surface area contributed by atoms with Gasteiger partial charge in [0.05, 0.1) is 0 Å². The average Bonchev–Trinajstić information content (AvgIpc) is 2.50. The summed E-state index contributed by atoms with van der Waals surface area (Å²) in [6.45, 7) is 14.7. The van der Waals surface area contributed by atoms with Crippen LogP contribution in [0, 0.1) is 0 Å². The summed E-state index contributed by atoms with van der Waals surface area (Å²) in [6.07, 6.45) is 3.51. The third-order valence-corrected chi connectivity index (χ3v) is 4.09. The van der Waals surface area contributed by atoms with Crippen LogP contribution in [0.1, 0.15) is 64.6 Å². The van der Waals surface area contributed by atoms with Crippen LogP contribution in [0.5, 0.6) is 0 Å². The van der Waals surface area contributed by atoms with Crippen molar-refractivity contribution in [3.63, 3.8) is 0 Å². The molecule has 0 saturated carbocycles. The predicted molar refractivity (Wildman–Crippen MR) is 93.9 cm³/mol. The Bertz CT molecular complexity index is 370. The molecule has 1 aromatic carbocycles. The molecule has 0 heterocycles. The van der Waals surface area contributed by atoms with Gasteiger partial charge in [0.2, 0.25) is 0 Å². The maximum atomic E-state index is 3.73. The first-order valence-electron chi connectivity index (χ1n) is 8.68. The molecule has 1 unspecified atom stereocenters. The third kappa shape index (κ3) is 6.19. The molecule has 21 heavy (non-hydrogen) atoms. The number of nitrogens with one attached hydrogen (secondary N) is 1. The third-order valence-electron chi connectivity index (χ3n) is 4.09. The van der Waals surface area contributed by atoms with Crippen LogP contribution in [0.25, 0.3) is 0 Å². The highest BCUT2D eigenvalue weighted by Crippen LogP contribution is 2.17. The minimum atomic E-state index is 0.435. The zero-order valence-electron chi connectivity index (χ0n) is 14.7. The van der Waals surface area contributed by atoms with Crippen molar-refractivity contribution in [2.24, 2.45) is 0 Å². The Morgan fingerprint density at radius 2 is 1.67 bits per heavy atom. The second-order valence-electron chi connectivity index (χ2n) is 6.19. The van der Waals surface area contributed by atoms with Crippen molar-refractivity contribution in [3.05, 3.63) is 35.4 Å². The van der Waals surface area contributed by atoms with Crippen LogP contribution < -0.4 is 5.32 Å². The van der Waals surface area contributed by atoms with Crippen LogP contribution in [0.2, 0.25) is 0 Å². The minimum Gasteiger partial charge on any atom is -0.309 e. The summed E-state index contributed by atoms with van der Waals surface area (Å²) < 4.78 is 0. The van der Waals surface area contributed by atoms with E-state index in [0.717, 1.165) is 19.5 Å². The number of hydrogen-bond donors (Lipinski definition) is 1. The van der Waals surface area contributed by atoms with E-state index < -0.39 is 0 Å². The smallest absolute Gasteiger partial charge is 0.0449 e. The van der Waals surface area contributed by atoms with Gasteiger partial charge < -0.3 is 5.32 Å². The van der Waals surface area contributed by atoms with Gasteiger partial charge in [0, 0.05) is 18.6 Å². The maximum absolute atomic E-state index is 3.73. The van der Waals surface area contributed by atoms with Crippen LogP contribution in [0.15, 0.2) is 24.3 Å². The molecule has 2 heteroatoms. The molecule has 0 aromatic heterocycles. The van der Waals surface area contributed by atoms with E-state index in [4.69, 9.17) is 0 Å². The zero-order chi connectivity index (χ0) is 15.7. The van der Waals surface area contributed by atoms with E-state index in [-0.39, 0.29) is 0 Å². The van der Waals surface area contributed by atoms with Crippen molar-refractivity contribution in [3.8, 4) is 0 Å². The number of aryl methyl sites for hydroxylation is 1. The molecule has 1 N–H and O–H groups in total. The second kappa shape index (κ2) is 9.97. The van der Waals surface area contributed by atoms with Crippen LogP contribution in [-0.4, -0.2) is 30.6 Å². The van der Waals surface area contributed by atoms with Crippen molar-refractivity contribution in [2.45, 2.75) is 66.0 Å². The van der Waals surface area contributed by atoms with Crippen molar-refractivity contribution < 1.29 is 0 Å². The first-order valence-corrected chi connectivity index (χ1v) is 8.68. The molecule has 1 rings (SSSR count). The lowest BCUT2D eigenvalue weighted by Gasteiger charge is -2.31. The van der Waals surface area contributed by atoms with Gasteiger partial charge in [-0.2, -0.15) is 0 Å². The van der Waals surface area contributed by atoms with Gasteiger partial charge in [-0.05, 0) is 57.3 Å². The van der Waals surface area contributed by atoms with Crippen LogP contribution in [-0.2, 0) is 6.42 Å². The monoisotopic (exact) mass is 290 g/mol. The molecule has 1 atom stereocenters. The maximum Gasteiger partial charge on any atom is 0.0449 e. The molecule has 0 aliphatic carbocycles. The fourth-order valence-electron chi connectivity index (χ4n) is 2.67. The van der Waals surface area contributed by atoms with Crippen molar-refractivity contribution in [1.82, 2.24) is 10.2 Å². The highest BCUT2D eigenvalue weighted by molar-refractivity contribution is 5.25. The first kappa shape index (κ1) is 18.2. The number of hydrogen-bond acceptors (Lipinski definition) is 2. The van der Waals surface area contributed by atoms with E-state index in [9.17, 15) is 0 Å². The molecule has 0 aliphatic rings. The lowest BCUT2D eigenvalue weighted by Crippen LogP contribution is -2.39. The van der Waals surface area contributed by atoms with E-state index in [1.165, 1.54) is 30.5 Å². The van der Waals surface area contributed by atoms with E-state index >= 15 is 0 Å². The summed E-state index contributed by atoms with van der Waals surface area (Å²) in [5.41, 5.74) is 2.84. The summed E-state index contributed by atoms with van der Waals surface area (Å²) in [5.74, 6) is 0. The Morgan fingerprint density at radius 1 is 1.00 bits per heavy atom. The topological polar surface area (TPSA) is 15.3 Å². The Hall–Kier alpha value is -0.860. The molecule has 120 valence electrons. The lowest BCUT2D eigenvalue weighted by molar-refractivity contribution is 0.197. The van der Waals surface area contributed by atoms with Crippen molar-refractivity contribution in [1.29, 1.82) is 0 Å². The summed E-state index contributed by atoms with van der Waals surface area (Å²) in [6, 6.07) is 10.2. The van der Waals surface area contributed by atoms with Crippen molar-refractivity contribution in [2.75, 3.05) is 19.6 Å². The van der Waals surface area contributed by atoms with Gasteiger partial charge >= 0.3 is 0 Å². The van der Waals surface area contributed by atoms with Gasteiger partial charge in [-0.1, -0.05) is 45.0 Å². The number of nitrogens with zero attached hydrogens (tertiary/aromatic N) is 1. The summed E-state index contributed by atoms with van der Waals surface area (Å²) >= 11 is 0. The molecule has 0 spiro atoms. The van der Waals surface area contributed by atoms with Gasteiger partial charge in [-0.15, -0.1) is 0 Å². The molecular formula is C19H34N2. The van der Waals surface area contributed by atoms with Crippen LogP contribution in [0.4, 0.5) is 0 Å². The molecule has 0 fully saturated rings. The normalized spacial score (nSPS) is 13.1.